The van der Waals surface area contributed by atoms with Crippen LogP contribution in [0.15, 0.2) is 18.3 Å². The van der Waals surface area contributed by atoms with Crippen molar-refractivity contribution in [3.63, 3.8) is 0 Å². The van der Waals surface area contributed by atoms with Crippen LogP contribution >= 0.6 is 0 Å². The van der Waals surface area contributed by atoms with E-state index in [1.54, 1.807) is 18.3 Å². The number of nitriles is 1. The van der Waals surface area contributed by atoms with E-state index in [9.17, 15) is 5.11 Å². The Morgan fingerprint density at radius 2 is 2.31 bits per heavy atom. The first-order chi connectivity index (χ1) is 7.67. The van der Waals surface area contributed by atoms with E-state index in [0.29, 0.717) is 17.3 Å². The second-order valence-electron chi connectivity index (χ2n) is 4.16. The maximum absolute atomic E-state index is 9.23. The summed E-state index contributed by atoms with van der Waals surface area (Å²) in [4.78, 5) is 3.96. The molecule has 1 atom stereocenters. The quantitative estimate of drug-likeness (QED) is 0.792. The number of nitrogens with zero attached hydrogens (tertiary/aromatic N) is 2. The molecule has 0 bridgehead atoms. The van der Waals surface area contributed by atoms with E-state index in [-0.39, 0.29) is 12.6 Å². The van der Waals surface area contributed by atoms with E-state index >= 15 is 0 Å². The lowest BCUT2D eigenvalue weighted by molar-refractivity contribution is 0.259. The molecule has 0 radical (unpaired) electrons. The molecule has 1 heterocycles. The molecule has 1 aromatic heterocycles. The minimum atomic E-state index is -0.0312. The first-order valence-electron chi connectivity index (χ1n) is 5.40. The average Bonchev–Trinajstić information content (AvgIpc) is 2.28. The van der Waals surface area contributed by atoms with Gasteiger partial charge in [-0.15, -0.1) is 0 Å². The number of aromatic nitrogens is 1. The van der Waals surface area contributed by atoms with Gasteiger partial charge in [0.05, 0.1) is 12.3 Å². The molecule has 0 aliphatic carbocycles. The van der Waals surface area contributed by atoms with Crippen molar-refractivity contribution >= 4 is 5.69 Å². The number of anilines is 1. The smallest absolute Gasteiger partial charge is 0.163 e. The van der Waals surface area contributed by atoms with Crippen LogP contribution in [0.4, 0.5) is 5.69 Å². The molecule has 0 aromatic carbocycles. The Kier molecular flexibility index (Phi) is 4.74. The molecular weight excluding hydrogens is 202 g/mol. The molecule has 1 unspecified atom stereocenters. The van der Waals surface area contributed by atoms with Gasteiger partial charge in [0.25, 0.3) is 0 Å². The highest BCUT2D eigenvalue weighted by Crippen LogP contribution is 2.15. The van der Waals surface area contributed by atoms with E-state index in [4.69, 9.17) is 5.26 Å². The largest absolute Gasteiger partial charge is 0.394 e. The topological polar surface area (TPSA) is 68.9 Å². The van der Waals surface area contributed by atoms with Crippen molar-refractivity contribution in [3.8, 4) is 6.07 Å². The second-order valence-corrected chi connectivity index (χ2v) is 4.16. The molecule has 0 saturated carbocycles. The third-order valence-electron chi connectivity index (χ3n) is 2.25. The number of aliphatic hydroxyl groups is 1. The highest BCUT2D eigenvalue weighted by atomic mass is 16.3. The average molecular weight is 219 g/mol. The van der Waals surface area contributed by atoms with Crippen molar-refractivity contribution in [2.75, 3.05) is 11.9 Å². The number of rotatable bonds is 5. The molecule has 0 fully saturated rings. The fraction of sp³-hybridized carbons (Fsp3) is 0.500. The standard InChI is InChI=1S/C12H17N3O/c1-9(2)6-10(8-16)15-11-4-3-5-14-12(11)7-13/h3-5,9-10,15-16H,6,8H2,1-2H3. The van der Waals surface area contributed by atoms with Crippen LogP contribution in [0.3, 0.4) is 0 Å². The lowest BCUT2D eigenvalue weighted by Gasteiger charge is -2.19. The summed E-state index contributed by atoms with van der Waals surface area (Å²) in [7, 11) is 0. The molecule has 1 aromatic rings. The summed E-state index contributed by atoms with van der Waals surface area (Å²) in [6, 6.07) is 5.56. The normalized spacial score (nSPS) is 12.2. The number of nitrogens with one attached hydrogen (secondary N) is 1. The van der Waals surface area contributed by atoms with Crippen LogP contribution in [0.2, 0.25) is 0 Å². The van der Waals surface area contributed by atoms with E-state index in [1.165, 1.54) is 0 Å². The summed E-state index contributed by atoms with van der Waals surface area (Å²) in [5, 5.41) is 21.2. The van der Waals surface area contributed by atoms with Crippen LogP contribution < -0.4 is 5.32 Å². The number of pyridine rings is 1. The molecular formula is C12H17N3O. The molecule has 2 N–H and O–H groups in total. The highest BCUT2D eigenvalue weighted by Gasteiger charge is 2.11. The zero-order valence-corrected chi connectivity index (χ0v) is 9.64. The molecule has 4 heteroatoms. The maximum atomic E-state index is 9.23. The molecule has 0 spiro atoms. The Morgan fingerprint density at radius 1 is 1.56 bits per heavy atom. The second kappa shape index (κ2) is 6.09. The van der Waals surface area contributed by atoms with E-state index in [2.05, 4.69) is 24.1 Å². The SMILES string of the molecule is CC(C)CC(CO)Nc1cccnc1C#N. The number of aliphatic hydroxyl groups excluding tert-OH is 1. The molecule has 4 nitrogen and oxygen atoms in total. The first-order valence-corrected chi connectivity index (χ1v) is 5.40. The maximum Gasteiger partial charge on any atom is 0.163 e. The molecule has 0 saturated heterocycles. The zero-order valence-electron chi connectivity index (χ0n) is 9.64. The van der Waals surface area contributed by atoms with Crippen LogP contribution in [0.1, 0.15) is 26.0 Å². The van der Waals surface area contributed by atoms with Crippen molar-refractivity contribution in [2.24, 2.45) is 5.92 Å². The number of hydrogen-bond donors (Lipinski definition) is 2. The molecule has 0 aliphatic heterocycles. The van der Waals surface area contributed by atoms with E-state index in [0.717, 1.165) is 6.42 Å². The summed E-state index contributed by atoms with van der Waals surface area (Å²) in [6.07, 6.45) is 2.44. The van der Waals surface area contributed by atoms with Gasteiger partial charge >= 0.3 is 0 Å². The first kappa shape index (κ1) is 12.5. The summed E-state index contributed by atoms with van der Waals surface area (Å²) in [6.45, 7) is 4.25. The van der Waals surface area contributed by atoms with Gasteiger partial charge in [0.2, 0.25) is 0 Å². The van der Waals surface area contributed by atoms with Crippen molar-refractivity contribution in [2.45, 2.75) is 26.3 Å². The predicted molar refractivity (Wildman–Crippen MR) is 62.9 cm³/mol. The summed E-state index contributed by atoms with van der Waals surface area (Å²) in [5.41, 5.74) is 1.05. The van der Waals surface area contributed by atoms with Crippen molar-refractivity contribution in [1.82, 2.24) is 4.98 Å². The Hall–Kier alpha value is -1.60. The number of hydrogen-bond acceptors (Lipinski definition) is 4. The Bertz CT molecular complexity index is 371. The summed E-state index contributed by atoms with van der Waals surface area (Å²) >= 11 is 0. The Labute approximate surface area is 95.9 Å². The van der Waals surface area contributed by atoms with Crippen LogP contribution in [0.5, 0.6) is 0 Å². The highest BCUT2D eigenvalue weighted by molar-refractivity contribution is 5.53. The van der Waals surface area contributed by atoms with Gasteiger partial charge < -0.3 is 10.4 Å². The van der Waals surface area contributed by atoms with Crippen LogP contribution in [0.25, 0.3) is 0 Å². The molecule has 0 aliphatic rings. The predicted octanol–water partition coefficient (Wildman–Crippen LogP) is 1.77. The van der Waals surface area contributed by atoms with Gasteiger partial charge in [-0.1, -0.05) is 13.8 Å². The minimum Gasteiger partial charge on any atom is -0.394 e. The molecule has 86 valence electrons. The monoisotopic (exact) mass is 219 g/mol. The van der Waals surface area contributed by atoms with Gasteiger partial charge in [0.15, 0.2) is 5.69 Å². The Morgan fingerprint density at radius 3 is 2.88 bits per heavy atom. The molecule has 1 rings (SSSR count). The van der Waals surface area contributed by atoms with Gasteiger partial charge in [0.1, 0.15) is 6.07 Å². The van der Waals surface area contributed by atoms with E-state index < -0.39 is 0 Å². The van der Waals surface area contributed by atoms with Crippen LogP contribution in [-0.2, 0) is 0 Å². The van der Waals surface area contributed by atoms with Crippen LogP contribution in [0, 0.1) is 17.2 Å². The van der Waals surface area contributed by atoms with Crippen LogP contribution in [-0.4, -0.2) is 22.7 Å². The molecule has 0 amide bonds. The molecule has 16 heavy (non-hydrogen) atoms. The minimum absolute atomic E-state index is 0.0312. The van der Waals surface area contributed by atoms with Crippen molar-refractivity contribution in [1.29, 1.82) is 5.26 Å². The summed E-state index contributed by atoms with van der Waals surface area (Å²) < 4.78 is 0. The zero-order chi connectivity index (χ0) is 12.0. The van der Waals surface area contributed by atoms with Gasteiger partial charge in [-0.25, -0.2) is 4.98 Å². The Balaban J connectivity index is 2.74. The third-order valence-corrected chi connectivity index (χ3v) is 2.25. The fourth-order valence-corrected chi connectivity index (χ4v) is 1.58. The van der Waals surface area contributed by atoms with E-state index in [1.807, 2.05) is 6.07 Å². The van der Waals surface area contributed by atoms with Gasteiger partial charge in [0, 0.05) is 12.2 Å². The third kappa shape index (κ3) is 3.52. The van der Waals surface area contributed by atoms with Gasteiger partial charge in [-0.2, -0.15) is 5.26 Å². The van der Waals surface area contributed by atoms with Crippen molar-refractivity contribution in [3.05, 3.63) is 24.0 Å². The lowest BCUT2D eigenvalue weighted by Crippen LogP contribution is -2.26. The summed E-state index contributed by atoms with van der Waals surface area (Å²) in [5.74, 6) is 0.492. The lowest BCUT2D eigenvalue weighted by atomic mass is 10.0. The fourth-order valence-electron chi connectivity index (χ4n) is 1.58. The van der Waals surface area contributed by atoms with Gasteiger partial charge in [-0.3, -0.25) is 0 Å². The van der Waals surface area contributed by atoms with Crippen molar-refractivity contribution < 1.29 is 5.11 Å². The van der Waals surface area contributed by atoms with Gasteiger partial charge in [-0.05, 0) is 24.5 Å².